The Labute approximate surface area is 259 Å². The molecule has 2 aliphatic heterocycles. The van der Waals surface area contributed by atoms with Gasteiger partial charge in [0.15, 0.2) is 0 Å². The van der Waals surface area contributed by atoms with E-state index in [-0.39, 0.29) is 28.3 Å². The Morgan fingerprint density at radius 2 is 1.81 bits per heavy atom. The van der Waals surface area contributed by atoms with Crippen LogP contribution in [0.1, 0.15) is 79.1 Å². The van der Waals surface area contributed by atoms with Crippen molar-refractivity contribution in [3.05, 3.63) is 33.2 Å². The number of aromatic amines is 1. The average Bonchev–Trinajstić information content (AvgIpc) is 3.18. The minimum atomic E-state index is -3.17. The van der Waals surface area contributed by atoms with Gasteiger partial charge in [-0.25, -0.2) is 13.6 Å². The van der Waals surface area contributed by atoms with E-state index in [0.29, 0.717) is 29.9 Å². The predicted octanol–water partition coefficient (Wildman–Crippen LogP) is 2.69. The molecule has 1 aromatic heterocycles. The van der Waals surface area contributed by atoms with Crippen molar-refractivity contribution < 1.29 is 18.0 Å². The third kappa shape index (κ3) is 13.7. The van der Waals surface area contributed by atoms with Crippen LogP contribution in [0.25, 0.3) is 0 Å². The molecule has 11 nitrogen and oxygen atoms in total. The maximum absolute atomic E-state index is 12.4. The molecule has 3 heterocycles. The van der Waals surface area contributed by atoms with E-state index in [2.05, 4.69) is 93.6 Å². The lowest BCUT2D eigenvalue weighted by atomic mass is 9.81. The summed E-state index contributed by atoms with van der Waals surface area (Å²) in [4.78, 5) is 39.9. The van der Waals surface area contributed by atoms with Crippen molar-refractivity contribution in [1.29, 1.82) is 5.26 Å². The molecular weight excluding hydrogens is 568 g/mol. The summed E-state index contributed by atoms with van der Waals surface area (Å²) in [5.41, 5.74) is 3.20. The number of sulfonamides is 1. The summed E-state index contributed by atoms with van der Waals surface area (Å²) in [5, 5.41) is 16.2. The second-order valence-corrected chi connectivity index (χ2v) is 15.3. The van der Waals surface area contributed by atoms with Crippen LogP contribution in [-0.4, -0.2) is 80.9 Å². The van der Waals surface area contributed by atoms with Crippen molar-refractivity contribution in [2.24, 2.45) is 27.8 Å². The zero-order valence-corrected chi connectivity index (χ0v) is 29.0. The number of aromatic nitrogens is 1. The molecule has 3 atom stereocenters. The number of primary sulfonamides is 1. The molecule has 1 fully saturated rings. The molecule has 0 radical (unpaired) electrons. The molecule has 1 amide bonds. The van der Waals surface area contributed by atoms with Gasteiger partial charge >= 0.3 is 0 Å². The van der Waals surface area contributed by atoms with Crippen LogP contribution in [0.2, 0.25) is 0 Å². The van der Waals surface area contributed by atoms with Crippen LogP contribution in [0.15, 0.2) is 10.9 Å². The van der Waals surface area contributed by atoms with Gasteiger partial charge in [-0.2, -0.15) is 5.26 Å². The van der Waals surface area contributed by atoms with E-state index in [1.165, 1.54) is 5.56 Å². The molecule has 12 heteroatoms. The Hall–Kier alpha value is -2.59. The van der Waals surface area contributed by atoms with Gasteiger partial charge in [-0.15, -0.1) is 0 Å². The van der Waals surface area contributed by atoms with Crippen molar-refractivity contribution in [3.63, 3.8) is 0 Å². The number of H-pyrrole nitrogens is 1. The number of carbonyl (C=O) groups is 2. The molecule has 1 saturated heterocycles. The molecule has 4 N–H and O–H groups in total. The van der Waals surface area contributed by atoms with Crippen molar-refractivity contribution in [2.75, 3.05) is 32.9 Å². The zero-order chi connectivity index (χ0) is 33.9. The molecule has 0 bridgehead atoms. The van der Waals surface area contributed by atoms with Gasteiger partial charge in [-0.3, -0.25) is 14.5 Å². The number of rotatable bonds is 5. The topological polar surface area (TPSA) is 169 Å². The molecule has 43 heavy (non-hydrogen) atoms. The lowest BCUT2D eigenvalue weighted by molar-refractivity contribution is -0.137. The number of pyridine rings is 1. The van der Waals surface area contributed by atoms with Crippen LogP contribution in [0.5, 0.6) is 0 Å². The standard InChI is InChI=1S/C15H22N4O.C14H27NO.CH5NO2S.CH2O/c1-10(2)19-5-4-14-12(9-19)6-11(15(20)18-14)7-13(8-16)17-3;1-10-8-15(9-14(10,6)7)12(16)11(2)13(3,4)5;1-5(2,3)4;1-2/h6,10,13,17H,4-5,7,9H2,1-3H3,(H,18,20);10-11H,8-9H2,1-7H3;1H3,(H2,2,3,4);1H2/t;10-,11?;;/m.1../s1. The Balaban J connectivity index is 0.000000687. The third-order valence-electron chi connectivity index (χ3n) is 8.38. The predicted molar refractivity (Wildman–Crippen MR) is 173 cm³/mol. The summed E-state index contributed by atoms with van der Waals surface area (Å²) in [6, 6.07) is 4.32. The van der Waals surface area contributed by atoms with E-state index in [4.69, 9.17) is 10.1 Å². The normalized spacial score (nSPS) is 19.3. The maximum Gasteiger partial charge on any atom is 0.251 e. The lowest BCUT2D eigenvalue weighted by Gasteiger charge is -2.31. The average molecular weight is 625 g/mol. The van der Waals surface area contributed by atoms with E-state index in [9.17, 15) is 18.0 Å². The van der Waals surface area contributed by atoms with Gasteiger partial charge in [0.2, 0.25) is 15.9 Å². The van der Waals surface area contributed by atoms with Crippen LogP contribution in [0.3, 0.4) is 0 Å². The van der Waals surface area contributed by atoms with Gasteiger partial charge in [-0.05, 0) is 49.3 Å². The summed E-state index contributed by atoms with van der Waals surface area (Å²) < 4.78 is 18.8. The van der Waals surface area contributed by atoms with E-state index in [0.717, 1.165) is 44.5 Å². The number of fused-ring (bicyclic) bond motifs is 1. The lowest BCUT2D eigenvalue weighted by Crippen LogP contribution is -2.39. The summed E-state index contributed by atoms with van der Waals surface area (Å²) in [7, 11) is -1.43. The largest absolute Gasteiger partial charge is 0.342 e. The molecule has 3 rings (SSSR count). The number of likely N-dealkylation sites (N-methyl/N-ethyl adjacent to an activating group) is 1. The first kappa shape index (κ1) is 40.4. The maximum atomic E-state index is 12.4. The van der Waals surface area contributed by atoms with Crippen LogP contribution < -0.4 is 16.0 Å². The smallest absolute Gasteiger partial charge is 0.251 e. The third-order valence-corrected chi connectivity index (χ3v) is 8.38. The number of nitrogens with zero attached hydrogens (tertiary/aromatic N) is 3. The second-order valence-electron chi connectivity index (χ2n) is 13.6. The molecule has 0 aromatic carbocycles. The summed E-state index contributed by atoms with van der Waals surface area (Å²) in [5.74, 6) is 1.03. The van der Waals surface area contributed by atoms with Crippen LogP contribution in [0.4, 0.5) is 0 Å². The van der Waals surface area contributed by atoms with E-state index >= 15 is 0 Å². The fourth-order valence-electron chi connectivity index (χ4n) is 4.70. The molecule has 0 spiro atoms. The molecular formula is C31H56N6O5S. The first-order valence-corrected chi connectivity index (χ1v) is 16.7. The van der Waals surface area contributed by atoms with Crippen molar-refractivity contribution in [2.45, 2.75) is 93.8 Å². The molecule has 2 aliphatic rings. The number of carbonyl (C=O) groups excluding carboxylic acids is 2. The summed E-state index contributed by atoms with van der Waals surface area (Å²) >= 11 is 0. The molecule has 1 aromatic rings. The minimum Gasteiger partial charge on any atom is -0.342 e. The highest BCUT2D eigenvalue weighted by atomic mass is 32.2. The fraction of sp³-hybridized carbons (Fsp3) is 0.742. The highest BCUT2D eigenvalue weighted by Gasteiger charge is 2.41. The van der Waals surface area contributed by atoms with Crippen LogP contribution in [-0.2, 0) is 39.0 Å². The highest BCUT2D eigenvalue weighted by Crippen LogP contribution is 2.37. The van der Waals surface area contributed by atoms with E-state index in [1.807, 2.05) is 12.9 Å². The Morgan fingerprint density at radius 3 is 2.21 bits per heavy atom. The number of nitrogens with one attached hydrogen (secondary N) is 2. The van der Waals surface area contributed by atoms with Gasteiger partial charge < -0.3 is 20.0 Å². The highest BCUT2D eigenvalue weighted by molar-refractivity contribution is 7.88. The first-order chi connectivity index (χ1) is 19.6. The van der Waals surface area contributed by atoms with Crippen molar-refractivity contribution >= 4 is 22.7 Å². The molecule has 0 saturated carbocycles. The van der Waals surface area contributed by atoms with E-state index in [1.54, 1.807) is 7.05 Å². The van der Waals surface area contributed by atoms with Gasteiger partial charge in [-0.1, -0.05) is 48.5 Å². The Kier molecular flexibility index (Phi) is 16.0. The second kappa shape index (κ2) is 17.0. The number of amides is 1. The van der Waals surface area contributed by atoms with Crippen LogP contribution >= 0.6 is 0 Å². The molecule has 246 valence electrons. The Bertz CT molecular complexity index is 1240. The van der Waals surface area contributed by atoms with Crippen molar-refractivity contribution in [3.8, 4) is 6.07 Å². The monoisotopic (exact) mass is 624 g/mol. The quantitative estimate of drug-likeness (QED) is 0.449. The van der Waals surface area contributed by atoms with Crippen molar-refractivity contribution in [1.82, 2.24) is 20.1 Å². The van der Waals surface area contributed by atoms with Gasteiger partial charge in [0, 0.05) is 62.2 Å². The minimum absolute atomic E-state index is 0.0581. The van der Waals surface area contributed by atoms with Gasteiger partial charge in [0.1, 0.15) is 6.79 Å². The van der Waals surface area contributed by atoms with Gasteiger partial charge in [0.25, 0.3) is 5.56 Å². The number of nitrogens with two attached hydrogens (primary N) is 1. The fourth-order valence-corrected chi connectivity index (χ4v) is 4.70. The number of hydrogen-bond acceptors (Lipinski definition) is 8. The molecule has 2 unspecified atom stereocenters. The first-order valence-electron chi connectivity index (χ1n) is 14.7. The van der Waals surface area contributed by atoms with E-state index < -0.39 is 10.0 Å². The number of hydrogen-bond donors (Lipinski definition) is 3. The summed E-state index contributed by atoms with van der Waals surface area (Å²) in [6.45, 7) is 25.3. The summed E-state index contributed by atoms with van der Waals surface area (Å²) in [6.07, 6.45) is 2.26. The van der Waals surface area contributed by atoms with Crippen LogP contribution in [0, 0.1) is 34.0 Å². The Morgan fingerprint density at radius 1 is 1.28 bits per heavy atom. The SMILES string of the molecule is C=O.CC(C(=O)N1C[C@@H](C)C(C)(C)C1)C(C)(C)C.CNC(C#N)Cc1cc2c([nH]c1=O)CCN(C(C)C)C2.CS(N)(=O)=O. The number of nitriles is 1. The number of likely N-dealkylation sites (tertiary alicyclic amines) is 1. The molecule has 0 aliphatic carbocycles. The zero-order valence-electron chi connectivity index (χ0n) is 28.2. The van der Waals surface area contributed by atoms with Gasteiger partial charge in [0.05, 0.1) is 18.4 Å².